The zero-order chi connectivity index (χ0) is 15.7. The maximum atomic E-state index is 11.7. The average Bonchev–Trinajstić information content (AvgIpc) is 2.48. The molecule has 1 aromatic carbocycles. The molecule has 0 aliphatic carbocycles. The van der Waals surface area contributed by atoms with Crippen molar-refractivity contribution in [3.05, 3.63) is 41.6 Å². The van der Waals surface area contributed by atoms with Gasteiger partial charge < -0.3 is 15.7 Å². The topological polar surface area (TPSA) is 102 Å². The Morgan fingerprint density at radius 2 is 2.10 bits per heavy atom. The van der Waals surface area contributed by atoms with E-state index in [0.717, 1.165) is 17.7 Å². The summed E-state index contributed by atoms with van der Waals surface area (Å²) in [5, 5.41) is 22.8. The van der Waals surface area contributed by atoms with Gasteiger partial charge in [0, 0.05) is 18.4 Å². The van der Waals surface area contributed by atoms with Crippen molar-refractivity contribution in [3.8, 4) is 6.07 Å². The second-order valence-corrected chi connectivity index (χ2v) is 4.22. The van der Waals surface area contributed by atoms with E-state index in [9.17, 15) is 9.59 Å². The first-order valence-electron chi connectivity index (χ1n) is 6.53. The van der Waals surface area contributed by atoms with Crippen molar-refractivity contribution in [1.82, 2.24) is 5.32 Å². The Bertz CT molecular complexity index is 588. The molecular weight excluding hydrogens is 270 g/mol. The molecule has 0 atom stereocenters. The smallest absolute Gasteiger partial charge is 0.305 e. The number of carbonyl (C=O) groups is 2. The average molecular weight is 287 g/mol. The summed E-state index contributed by atoms with van der Waals surface area (Å²) in [6, 6.07) is 9.36. The first-order valence-corrected chi connectivity index (χ1v) is 6.53. The molecule has 0 bridgehead atoms. The number of carboxylic acids is 1. The summed E-state index contributed by atoms with van der Waals surface area (Å²) in [5.74, 6) is -1.60. The van der Waals surface area contributed by atoms with E-state index in [1.165, 1.54) is 6.20 Å². The molecule has 0 aliphatic heterocycles. The molecule has 0 fully saturated rings. The van der Waals surface area contributed by atoms with E-state index in [-0.39, 0.29) is 18.5 Å². The van der Waals surface area contributed by atoms with Crippen LogP contribution in [0.5, 0.6) is 0 Å². The second-order valence-electron chi connectivity index (χ2n) is 4.22. The zero-order valence-corrected chi connectivity index (χ0v) is 11.7. The van der Waals surface area contributed by atoms with Gasteiger partial charge in [-0.15, -0.1) is 0 Å². The number of rotatable bonds is 7. The molecule has 1 amide bonds. The predicted molar refractivity (Wildman–Crippen MR) is 78.4 cm³/mol. The first kappa shape index (κ1) is 16.2. The van der Waals surface area contributed by atoms with Crippen molar-refractivity contribution in [3.63, 3.8) is 0 Å². The number of carbonyl (C=O) groups excluding carboxylic acids is 1. The standard InChI is InChI=1S/C15H17N3O3/c1-2-11-5-3-4-6-13(11)18-10-12(9-16)15(21)17-8-7-14(19)20/h3-6,10,18H,2,7-8H2,1H3,(H,17,21)(H,19,20)/b12-10-. The highest BCUT2D eigenvalue weighted by atomic mass is 16.4. The lowest BCUT2D eigenvalue weighted by Gasteiger charge is -2.07. The number of aliphatic carboxylic acids is 1. The largest absolute Gasteiger partial charge is 0.481 e. The fourth-order valence-electron chi connectivity index (χ4n) is 1.65. The summed E-state index contributed by atoms with van der Waals surface area (Å²) in [6.45, 7) is 1.99. The van der Waals surface area contributed by atoms with Crippen molar-refractivity contribution in [2.45, 2.75) is 19.8 Å². The Morgan fingerprint density at radius 1 is 1.38 bits per heavy atom. The van der Waals surface area contributed by atoms with Gasteiger partial charge in [0.2, 0.25) is 0 Å². The molecule has 6 heteroatoms. The van der Waals surface area contributed by atoms with E-state index >= 15 is 0 Å². The Balaban J connectivity index is 2.69. The lowest BCUT2D eigenvalue weighted by Crippen LogP contribution is -2.27. The lowest BCUT2D eigenvalue weighted by atomic mass is 10.1. The quantitative estimate of drug-likeness (QED) is 0.523. The van der Waals surface area contributed by atoms with Crippen LogP contribution in [0.2, 0.25) is 0 Å². The predicted octanol–water partition coefficient (Wildman–Crippen LogP) is 1.66. The number of hydrogen-bond acceptors (Lipinski definition) is 4. The molecule has 0 saturated carbocycles. The summed E-state index contributed by atoms with van der Waals surface area (Å²) >= 11 is 0. The Labute approximate surface area is 123 Å². The highest BCUT2D eigenvalue weighted by Gasteiger charge is 2.09. The van der Waals surface area contributed by atoms with Crippen molar-refractivity contribution in [1.29, 1.82) is 5.26 Å². The molecule has 0 unspecified atom stereocenters. The normalized spacial score (nSPS) is 10.6. The number of carboxylic acid groups (broad SMARTS) is 1. The van der Waals surface area contributed by atoms with Crippen LogP contribution < -0.4 is 10.6 Å². The third kappa shape index (κ3) is 5.37. The van der Waals surface area contributed by atoms with E-state index in [2.05, 4.69) is 10.6 Å². The number of nitrogens with zero attached hydrogens (tertiary/aromatic N) is 1. The van der Waals surface area contributed by atoms with Gasteiger partial charge in [-0.25, -0.2) is 0 Å². The van der Waals surface area contributed by atoms with Crippen LogP contribution in [0.25, 0.3) is 0 Å². The Morgan fingerprint density at radius 3 is 2.71 bits per heavy atom. The molecule has 6 nitrogen and oxygen atoms in total. The van der Waals surface area contributed by atoms with Crippen LogP contribution in [-0.4, -0.2) is 23.5 Å². The molecule has 0 saturated heterocycles. The van der Waals surface area contributed by atoms with E-state index in [4.69, 9.17) is 10.4 Å². The summed E-state index contributed by atoms with van der Waals surface area (Å²) < 4.78 is 0. The van der Waals surface area contributed by atoms with E-state index in [0.29, 0.717) is 0 Å². The molecular formula is C15H17N3O3. The van der Waals surface area contributed by atoms with Gasteiger partial charge in [-0.1, -0.05) is 25.1 Å². The molecule has 1 aromatic rings. The number of para-hydroxylation sites is 1. The minimum absolute atomic E-state index is 0.0151. The number of amides is 1. The van der Waals surface area contributed by atoms with E-state index < -0.39 is 11.9 Å². The lowest BCUT2D eigenvalue weighted by molar-refractivity contribution is -0.136. The highest BCUT2D eigenvalue weighted by molar-refractivity contribution is 5.97. The summed E-state index contributed by atoms with van der Waals surface area (Å²) in [6.07, 6.45) is 1.96. The molecule has 1 rings (SSSR count). The van der Waals surface area contributed by atoms with Crippen LogP contribution in [0.3, 0.4) is 0 Å². The van der Waals surface area contributed by atoms with Crippen LogP contribution in [0.15, 0.2) is 36.0 Å². The number of nitriles is 1. The summed E-state index contributed by atoms with van der Waals surface area (Å²) in [7, 11) is 0. The van der Waals surface area contributed by atoms with Crippen molar-refractivity contribution < 1.29 is 14.7 Å². The SMILES string of the molecule is CCc1ccccc1N/C=C(/C#N)C(=O)NCCC(=O)O. The van der Waals surface area contributed by atoms with Crippen molar-refractivity contribution >= 4 is 17.6 Å². The van der Waals surface area contributed by atoms with Gasteiger partial charge in [-0.2, -0.15) is 5.26 Å². The molecule has 0 heterocycles. The van der Waals surface area contributed by atoms with Crippen molar-refractivity contribution in [2.75, 3.05) is 11.9 Å². The fourth-order valence-corrected chi connectivity index (χ4v) is 1.65. The molecule has 0 aliphatic rings. The molecule has 21 heavy (non-hydrogen) atoms. The van der Waals surface area contributed by atoms with Gasteiger partial charge in [0.25, 0.3) is 5.91 Å². The van der Waals surface area contributed by atoms with Crippen LogP contribution in [0.4, 0.5) is 5.69 Å². The third-order valence-corrected chi connectivity index (χ3v) is 2.76. The molecule has 110 valence electrons. The van der Waals surface area contributed by atoms with Gasteiger partial charge in [-0.05, 0) is 18.1 Å². The number of anilines is 1. The molecule has 0 aromatic heterocycles. The van der Waals surface area contributed by atoms with Crippen LogP contribution in [-0.2, 0) is 16.0 Å². The molecule has 0 radical (unpaired) electrons. The van der Waals surface area contributed by atoms with Crippen molar-refractivity contribution in [2.24, 2.45) is 0 Å². The van der Waals surface area contributed by atoms with Gasteiger partial charge in [-0.3, -0.25) is 9.59 Å². The Hall–Kier alpha value is -2.81. The van der Waals surface area contributed by atoms with E-state index in [1.54, 1.807) is 6.07 Å². The maximum absolute atomic E-state index is 11.7. The number of benzene rings is 1. The maximum Gasteiger partial charge on any atom is 0.305 e. The molecule has 0 spiro atoms. The highest BCUT2D eigenvalue weighted by Crippen LogP contribution is 2.15. The number of aryl methyl sites for hydroxylation is 1. The van der Waals surface area contributed by atoms with Crippen LogP contribution >= 0.6 is 0 Å². The first-order chi connectivity index (χ1) is 10.1. The third-order valence-electron chi connectivity index (χ3n) is 2.76. The molecule has 3 N–H and O–H groups in total. The monoisotopic (exact) mass is 287 g/mol. The second kappa shape index (κ2) is 8.38. The zero-order valence-electron chi connectivity index (χ0n) is 11.7. The minimum Gasteiger partial charge on any atom is -0.481 e. The van der Waals surface area contributed by atoms with Crippen LogP contribution in [0, 0.1) is 11.3 Å². The van der Waals surface area contributed by atoms with Gasteiger partial charge in [0.1, 0.15) is 11.6 Å². The Kier molecular flexibility index (Phi) is 6.48. The van der Waals surface area contributed by atoms with Gasteiger partial charge in [0.05, 0.1) is 6.42 Å². The van der Waals surface area contributed by atoms with Gasteiger partial charge >= 0.3 is 5.97 Å². The van der Waals surface area contributed by atoms with E-state index in [1.807, 2.05) is 31.2 Å². The number of hydrogen-bond donors (Lipinski definition) is 3. The number of nitrogens with one attached hydrogen (secondary N) is 2. The minimum atomic E-state index is -1.01. The fraction of sp³-hybridized carbons (Fsp3) is 0.267. The van der Waals surface area contributed by atoms with Gasteiger partial charge in [0.15, 0.2) is 0 Å². The summed E-state index contributed by atoms with van der Waals surface area (Å²) in [4.78, 5) is 22.1. The summed E-state index contributed by atoms with van der Waals surface area (Å²) in [5.41, 5.74) is 1.79. The van der Waals surface area contributed by atoms with Crippen LogP contribution in [0.1, 0.15) is 18.9 Å².